The van der Waals surface area contributed by atoms with Crippen LogP contribution in [0.1, 0.15) is 12.5 Å². The molecule has 1 rings (SSSR count). The highest BCUT2D eigenvalue weighted by Crippen LogP contribution is 2.27. The lowest BCUT2D eigenvalue weighted by Crippen LogP contribution is -2.13. The summed E-state index contributed by atoms with van der Waals surface area (Å²) in [4.78, 5) is 10.7. The molecule has 6 nitrogen and oxygen atoms in total. The minimum absolute atomic E-state index is 0.110. The molecule has 0 radical (unpaired) electrons. The number of oxime groups is 1. The van der Waals surface area contributed by atoms with Crippen molar-refractivity contribution in [2.24, 2.45) is 5.16 Å². The number of ether oxygens (including phenoxy) is 3. The normalized spacial score (nSPS) is 10.9. The van der Waals surface area contributed by atoms with Gasteiger partial charge in [-0.05, 0) is 18.2 Å². The van der Waals surface area contributed by atoms with E-state index < -0.39 is 5.97 Å². The molecule has 0 aliphatic carbocycles. The van der Waals surface area contributed by atoms with Crippen molar-refractivity contribution in [3.8, 4) is 11.5 Å². The molecule has 0 aliphatic heterocycles. The maximum Gasteiger partial charge on any atom is 0.303 e. The molecule has 0 spiro atoms. The Labute approximate surface area is 105 Å². The van der Waals surface area contributed by atoms with Gasteiger partial charge in [0.25, 0.3) is 0 Å². The molecule has 98 valence electrons. The van der Waals surface area contributed by atoms with E-state index in [2.05, 4.69) is 5.16 Å². The quantitative estimate of drug-likeness (QED) is 0.372. The van der Waals surface area contributed by atoms with E-state index in [1.807, 2.05) is 0 Å². The van der Waals surface area contributed by atoms with Crippen LogP contribution in [0, 0.1) is 0 Å². The number of methoxy groups -OCH3 is 2. The Balaban J connectivity index is 2.97. The molecule has 0 atom stereocenters. The molecule has 0 saturated heterocycles. The summed E-state index contributed by atoms with van der Waals surface area (Å²) < 4.78 is 15.0. The molecule has 0 unspecified atom stereocenters. The molecule has 0 amide bonds. The molecule has 1 N–H and O–H groups in total. The number of hydrogen-bond donors (Lipinski definition) is 1. The Kier molecular flexibility index (Phi) is 4.98. The zero-order chi connectivity index (χ0) is 13.5. The first-order valence-corrected chi connectivity index (χ1v) is 5.19. The zero-order valence-electron chi connectivity index (χ0n) is 10.5. The van der Waals surface area contributed by atoms with E-state index in [1.165, 1.54) is 21.1 Å². The third-order valence-corrected chi connectivity index (χ3v) is 2.25. The van der Waals surface area contributed by atoms with E-state index in [9.17, 15) is 4.79 Å². The SMILES string of the molecule is COc1ccc(C(COC(C)=O)=NO)cc1OC. The predicted molar refractivity (Wildman–Crippen MR) is 64.5 cm³/mol. The third-order valence-electron chi connectivity index (χ3n) is 2.25. The van der Waals surface area contributed by atoms with E-state index >= 15 is 0 Å². The number of rotatable bonds is 5. The van der Waals surface area contributed by atoms with Gasteiger partial charge in [0.1, 0.15) is 12.3 Å². The van der Waals surface area contributed by atoms with Crippen LogP contribution >= 0.6 is 0 Å². The van der Waals surface area contributed by atoms with Gasteiger partial charge in [-0.2, -0.15) is 0 Å². The van der Waals surface area contributed by atoms with Gasteiger partial charge in [0, 0.05) is 12.5 Å². The predicted octanol–water partition coefficient (Wildman–Crippen LogP) is 1.45. The van der Waals surface area contributed by atoms with Crippen LogP contribution in [0.25, 0.3) is 0 Å². The first kappa shape index (κ1) is 13.8. The summed E-state index contributed by atoms with van der Waals surface area (Å²) in [6, 6.07) is 4.99. The Hall–Kier alpha value is -2.24. The van der Waals surface area contributed by atoms with Gasteiger partial charge in [0.05, 0.1) is 14.2 Å². The van der Waals surface area contributed by atoms with Gasteiger partial charge in [-0.25, -0.2) is 0 Å². The van der Waals surface area contributed by atoms with Crippen LogP contribution in [-0.2, 0) is 9.53 Å². The van der Waals surface area contributed by atoms with Crippen LogP contribution in [0.2, 0.25) is 0 Å². The van der Waals surface area contributed by atoms with Crippen molar-refractivity contribution in [1.82, 2.24) is 0 Å². The third kappa shape index (κ3) is 3.38. The molecule has 0 aromatic heterocycles. The van der Waals surface area contributed by atoms with E-state index in [4.69, 9.17) is 19.4 Å². The van der Waals surface area contributed by atoms with Crippen LogP contribution in [0.4, 0.5) is 0 Å². The minimum Gasteiger partial charge on any atom is -0.493 e. The highest BCUT2D eigenvalue weighted by atomic mass is 16.5. The van der Waals surface area contributed by atoms with Gasteiger partial charge in [0.2, 0.25) is 0 Å². The average Bonchev–Trinajstić information content (AvgIpc) is 2.38. The van der Waals surface area contributed by atoms with E-state index in [0.717, 1.165) is 0 Å². The molecular weight excluding hydrogens is 238 g/mol. The topological polar surface area (TPSA) is 77.4 Å². The van der Waals surface area contributed by atoms with Gasteiger partial charge in [-0.3, -0.25) is 4.79 Å². The maximum absolute atomic E-state index is 10.7. The van der Waals surface area contributed by atoms with Crippen molar-refractivity contribution in [3.05, 3.63) is 23.8 Å². The lowest BCUT2D eigenvalue weighted by Gasteiger charge is -2.10. The van der Waals surface area contributed by atoms with Crippen molar-refractivity contribution < 1.29 is 24.2 Å². The Morgan fingerprint density at radius 2 is 1.94 bits per heavy atom. The van der Waals surface area contributed by atoms with Crippen molar-refractivity contribution in [2.45, 2.75) is 6.92 Å². The number of hydrogen-bond acceptors (Lipinski definition) is 6. The summed E-state index contributed by atoms with van der Waals surface area (Å²) in [5.41, 5.74) is 0.808. The smallest absolute Gasteiger partial charge is 0.303 e. The van der Waals surface area contributed by atoms with E-state index in [0.29, 0.717) is 17.1 Å². The second-order valence-corrected chi connectivity index (χ2v) is 3.40. The molecule has 0 aliphatic rings. The summed E-state index contributed by atoms with van der Waals surface area (Å²) in [6.07, 6.45) is 0. The summed E-state index contributed by atoms with van der Waals surface area (Å²) >= 11 is 0. The number of carbonyl (C=O) groups is 1. The van der Waals surface area contributed by atoms with Crippen LogP contribution in [0.3, 0.4) is 0 Å². The Morgan fingerprint density at radius 3 is 2.44 bits per heavy atom. The molecule has 0 bridgehead atoms. The molecule has 0 heterocycles. The van der Waals surface area contributed by atoms with Crippen molar-refractivity contribution in [3.63, 3.8) is 0 Å². The second kappa shape index (κ2) is 6.48. The molecule has 18 heavy (non-hydrogen) atoms. The lowest BCUT2D eigenvalue weighted by atomic mass is 10.1. The first-order valence-electron chi connectivity index (χ1n) is 5.19. The van der Waals surface area contributed by atoms with Gasteiger partial charge in [-0.1, -0.05) is 5.16 Å². The number of nitrogens with zero attached hydrogens (tertiary/aromatic N) is 1. The van der Waals surface area contributed by atoms with Crippen molar-refractivity contribution in [2.75, 3.05) is 20.8 Å². The molecule has 0 fully saturated rings. The number of carbonyl (C=O) groups excluding carboxylic acids is 1. The Bertz CT molecular complexity index is 456. The second-order valence-electron chi connectivity index (χ2n) is 3.40. The lowest BCUT2D eigenvalue weighted by molar-refractivity contribution is -0.139. The number of esters is 1. The standard InChI is InChI=1S/C12H15NO5/c1-8(14)18-7-10(13-15)9-4-5-11(16-2)12(6-9)17-3/h4-6,15H,7H2,1-3H3. The van der Waals surface area contributed by atoms with Crippen LogP contribution in [0.15, 0.2) is 23.4 Å². The van der Waals surface area contributed by atoms with Gasteiger partial charge < -0.3 is 19.4 Å². The van der Waals surface area contributed by atoms with Gasteiger partial charge >= 0.3 is 5.97 Å². The van der Waals surface area contributed by atoms with Crippen LogP contribution in [0.5, 0.6) is 11.5 Å². The Morgan fingerprint density at radius 1 is 1.28 bits per heavy atom. The highest BCUT2D eigenvalue weighted by Gasteiger charge is 2.11. The minimum atomic E-state index is -0.448. The summed E-state index contributed by atoms with van der Waals surface area (Å²) in [7, 11) is 3.03. The van der Waals surface area contributed by atoms with Gasteiger partial charge in [0.15, 0.2) is 11.5 Å². The fraction of sp³-hybridized carbons (Fsp3) is 0.333. The van der Waals surface area contributed by atoms with Crippen molar-refractivity contribution in [1.29, 1.82) is 0 Å². The van der Waals surface area contributed by atoms with Crippen LogP contribution < -0.4 is 9.47 Å². The first-order chi connectivity index (χ1) is 8.62. The molecule has 0 saturated carbocycles. The molecular formula is C12H15NO5. The average molecular weight is 253 g/mol. The summed E-state index contributed by atoms with van der Waals surface area (Å²) in [5.74, 6) is 0.613. The highest BCUT2D eigenvalue weighted by molar-refractivity contribution is 6.02. The van der Waals surface area contributed by atoms with E-state index in [1.54, 1.807) is 18.2 Å². The summed E-state index contributed by atoms with van der Waals surface area (Å²) in [6.45, 7) is 1.17. The van der Waals surface area contributed by atoms with Crippen LogP contribution in [-0.4, -0.2) is 37.7 Å². The monoisotopic (exact) mass is 253 g/mol. The molecule has 1 aromatic rings. The largest absolute Gasteiger partial charge is 0.493 e. The zero-order valence-corrected chi connectivity index (χ0v) is 10.5. The number of benzene rings is 1. The fourth-order valence-corrected chi connectivity index (χ4v) is 1.36. The fourth-order valence-electron chi connectivity index (χ4n) is 1.36. The molecule has 1 aromatic carbocycles. The maximum atomic E-state index is 10.7. The van der Waals surface area contributed by atoms with E-state index in [-0.39, 0.29) is 12.3 Å². The van der Waals surface area contributed by atoms with Crippen molar-refractivity contribution >= 4 is 11.7 Å². The summed E-state index contributed by atoms with van der Waals surface area (Å²) in [5, 5.41) is 12.0. The van der Waals surface area contributed by atoms with Gasteiger partial charge in [-0.15, -0.1) is 0 Å². The molecule has 6 heteroatoms.